The first-order valence-corrected chi connectivity index (χ1v) is 9.33. The number of anilines is 1. The zero-order valence-electron chi connectivity index (χ0n) is 15.0. The van der Waals surface area contributed by atoms with Gasteiger partial charge >= 0.3 is 0 Å². The number of amides is 1. The third-order valence-corrected chi connectivity index (χ3v) is 5.11. The molecule has 3 heterocycles. The van der Waals surface area contributed by atoms with E-state index in [1.54, 1.807) is 24.0 Å². The van der Waals surface area contributed by atoms with Crippen molar-refractivity contribution >= 4 is 23.3 Å². The zero-order valence-corrected chi connectivity index (χ0v) is 15.8. The van der Waals surface area contributed by atoms with Crippen LogP contribution in [0.1, 0.15) is 23.3 Å². The summed E-state index contributed by atoms with van der Waals surface area (Å²) in [5.74, 6) is 0.796. The van der Waals surface area contributed by atoms with E-state index in [2.05, 4.69) is 25.5 Å². The molecule has 1 unspecified atom stereocenters. The molecule has 1 fully saturated rings. The number of piperidine rings is 1. The molecule has 2 aromatic heterocycles. The van der Waals surface area contributed by atoms with E-state index in [0.29, 0.717) is 10.7 Å². The molecule has 1 amide bonds. The Kier molecular flexibility index (Phi) is 4.85. The summed E-state index contributed by atoms with van der Waals surface area (Å²) in [7, 11) is 1.77. The molecule has 1 aliphatic heterocycles. The molecule has 1 aromatic carbocycles. The van der Waals surface area contributed by atoms with Gasteiger partial charge in [-0.3, -0.25) is 14.6 Å². The number of hydrogen-bond donors (Lipinski definition) is 2. The number of H-pyrrole nitrogens is 1. The first kappa shape index (κ1) is 17.6. The second kappa shape index (κ2) is 7.44. The van der Waals surface area contributed by atoms with Crippen LogP contribution in [0.5, 0.6) is 0 Å². The van der Waals surface area contributed by atoms with Gasteiger partial charge in [0.1, 0.15) is 5.69 Å². The molecule has 0 aliphatic carbocycles. The molecule has 1 atom stereocenters. The number of nitrogens with one attached hydrogen (secondary N) is 2. The number of aromatic amines is 1. The number of nitrogens with zero attached hydrogens (tertiary/aromatic N) is 4. The summed E-state index contributed by atoms with van der Waals surface area (Å²) in [4.78, 5) is 14.6. The SMILES string of the molecule is Cn1nccc1C(=O)NC1CCCN(c2cc(-c3ccc(Cl)cc3)[nH]n2)C1. The second-order valence-electron chi connectivity index (χ2n) is 6.75. The number of aromatic nitrogens is 4. The molecule has 3 aromatic rings. The van der Waals surface area contributed by atoms with Gasteiger partial charge in [0.25, 0.3) is 5.91 Å². The van der Waals surface area contributed by atoms with Crippen LogP contribution in [-0.4, -0.2) is 45.0 Å². The van der Waals surface area contributed by atoms with Gasteiger partial charge < -0.3 is 10.2 Å². The van der Waals surface area contributed by atoms with Crippen LogP contribution >= 0.6 is 11.6 Å². The largest absolute Gasteiger partial charge is 0.353 e. The van der Waals surface area contributed by atoms with Crippen LogP contribution in [0.15, 0.2) is 42.6 Å². The minimum atomic E-state index is -0.0919. The molecule has 27 heavy (non-hydrogen) atoms. The van der Waals surface area contributed by atoms with Crippen LogP contribution in [-0.2, 0) is 7.05 Å². The van der Waals surface area contributed by atoms with Crippen molar-refractivity contribution in [2.24, 2.45) is 7.05 Å². The van der Waals surface area contributed by atoms with Crippen molar-refractivity contribution in [2.75, 3.05) is 18.0 Å². The quantitative estimate of drug-likeness (QED) is 0.725. The van der Waals surface area contributed by atoms with Gasteiger partial charge in [0.2, 0.25) is 0 Å². The fourth-order valence-corrected chi connectivity index (χ4v) is 3.54. The highest BCUT2D eigenvalue weighted by atomic mass is 35.5. The molecule has 140 valence electrons. The third-order valence-electron chi connectivity index (χ3n) is 4.85. The van der Waals surface area contributed by atoms with Gasteiger partial charge in [-0.1, -0.05) is 23.7 Å². The minimum absolute atomic E-state index is 0.0804. The van der Waals surface area contributed by atoms with Crippen LogP contribution in [0, 0.1) is 0 Å². The van der Waals surface area contributed by atoms with Gasteiger partial charge in [0.15, 0.2) is 5.82 Å². The van der Waals surface area contributed by atoms with Gasteiger partial charge in [0, 0.05) is 43.5 Å². The van der Waals surface area contributed by atoms with Crippen molar-refractivity contribution in [3.05, 3.63) is 53.3 Å². The Balaban J connectivity index is 1.43. The molecule has 0 bridgehead atoms. The lowest BCUT2D eigenvalue weighted by Crippen LogP contribution is -2.48. The number of halogens is 1. The highest BCUT2D eigenvalue weighted by Gasteiger charge is 2.24. The number of carbonyl (C=O) groups excluding carboxylic acids is 1. The summed E-state index contributed by atoms with van der Waals surface area (Å²) in [6.07, 6.45) is 3.58. The second-order valence-corrected chi connectivity index (χ2v) is 7.18. The zero-order chi connectivity index (χ0) is 18.8. The lowest BCUT2D eigenvalue weighted by atomic mass is 10.1. The van der Waals surface area contributed by atoms with Crippen LogP contribution < -0.4 is 10.2 Å². The smallest absolute Gasteiger partial charge is 0.269 e. The Hall–Kier alpha value is -2.80. The summed E-state index contributed by atoms with van der Waals surface area (Å²) in [6.45, 7) is 1.65. The molecule has 0 spiro atoms. The fourth-order valence-electron chi connectivity index (χ4n) is 3.41. The molecule has 2 N–H and O–H groups in total. The minimum Gasteiger partial charge on any atom is -0.353 e. The van der Waals surface area contributed by atoms with E-state index >= 15 is 0 Å². The van der Waals surface area contributed by atoms with Gasteiger partial charge in [-0.15, -0.1) is 0 Å². The van der Waals surface area contributed by atoms with Crippen molar-refractivity contribution < 1.29 is 4.79 Å². The Morgan fingerprint density at radius 1 is 1.30 bits per heavy atom. The maximum Gasteiger partial charge on any atom is 0.269 e. The first-order valence-electron chi connectivity index (χ1n) is 8.95. The highest BCUT2D eigenvalue weighted by Crippen LogP contribution is 2.25. The highest BCUT2D eigenvalue weighted by molar-refractivity contribution is 6.30. The molecule has 7 nitrogen and oxygen atoms in total. The molecule has 1 aliphatic rings. The standard InChI is InChI=1S/C19H21ClN6O/c1-25-17(8-9-21-25)19(27)22-15-3-2-10-26(12-15)18-11-16(23-24-18)13-4-6-14(20)7-5-13/h4-9,11,15H,2-3,10,12H2,1H3,(H,22,27)(H,23,24). The number of carbonyl (C=O) groups is 1. The number of benzene rings is 1. The molecule has 1 saturated heterocycles. The maximum absolute atomic E-state index is 12.4. The topological polar surface area (TPSA) is 78.8 Å². The molecule has 4 rings (SSSR count). The Morgan fingerprint density at radius 3 is 2.85 bits per heavy atom. The number of rotatable bonds is 4. The van der Waals surface area contributed by atoms with E-state index < -0.39 is 0 Å². The first-order chi connectivity index (χ1) is 13.1. The van der Waals surface area contributed by atoms with Crippen LogP contribution in [0.4, 0.5) is 5.82 Å². The van der Waals surface area contributed by atoms with E-state index in [-0.39, 0.29) is 11.9 Å². The van der Waals surface area contributed by atoms with Crippen molar-refractivity contribution in [1.82, 2.24) is 25.3 Å². The Labute approximate surface area is 162 Å². The average Bonchev–Trinajstić information content (AvgIpc) is 3.32. The molecular weight excluding hydrogens is 364 g/mol. The van der Waals surface area contributed by atoms with Gasteiger partial charge in [-0.05, 0) is 36.6 Å². The number of hydrogen-bond acceptors (Lipinski definition) is 4. The Bertz CT molecular complexity index is 932. The molecule has 0 saturated carbocycles. The van der Waals surface area contributed by atoms with Crippen molar-refractivity contribution in [1.29, 1.82) is 0 Å². The summed E-state index contributed by atoms with van der Waals surface area (Å²) in [5, 5.41) is 15.4. The van der Waals surface area contributed by atoms with E-state index in [1.807, 2.05) is 30.3 Å². The van der Waals surface area contributed by atoms with E-state index in [0.717, 1.165) is 43.0 Å². The van der Waals surface area contributed by atoms with Crippen LogP contribution in [0.2, 0.25) is 5.02 Å². The van der Waals surface area contributed by atoms with Gasteiger partial charge in [-0.2, -0.15) is 10.2 Å². The molecule has 8 heteroatoms. The van der Waals surface area contributed by atoms with Gasteiger partial charge in [0.05, 0.1) is 5.69 Å². The summed E-state index contributed by atoms with van der Waals surface area (Å²) < 4.78 is 1.59. The van der Waals surface area contributed by atoms with Crippen molar-refractivity contribution in [3.63, 3.8) is 0 Å². The number of aryl methyl sites for hydroxylation is 1. The van der Waals surface area contributed by atoms with Crippen LogP contribution in [0.25, 0.3) is 11.3 Å². The molecular formula is C19H21ClN6O. The van der Waals surface area contributed by atoms with E-state index in [9.17, 15) is 4.79 Å². The summed E-state index contributed by atoms with van der Waals surface area (Å²) in [6, 6.07) is 11.5. The predicted octanol–water partition coefficient (Wildman–Crippen LogP) is 2.86. The maximum atomic E-state index is 12.4. The Morgan fingerprint density at radius 2 is 2.11 bits per heavy atom. The predicted molar refractivity (Wildman–Crippen MR) is 105 cm³/mol. The lowest BCUT2D eigenvalue weighted by Gasteiger charge is -2.33. The summed E-state index contributed by atoms with van der Waals surface area (Å²) >= 11 is 5.96. The molecule has 0 radical (unpaired) electrons. The van der Waals surface area contributed by atoms with E-state index in [1.165, 1.54) is 0 Å². The van der Waals surface area contributed by atoms with Crippen LogP contribution in [0.3, 0.4) is 0 Å². The lowest BCUT2D eigenvalue weighted by molar-refractivity contribution is 0.0923. The van der Waals surface area contributed by atoms with E-state index in [4.69, 9.17) is 11.6 Å². The monoisotopic (exact) mass is 384 g/mol. The summed E-state index contributed by atoms with van der Waals surface area (Å²) in [5.41, 5.74) is 2.55. The third kappa shape index (κ3) is 3.83. The normalized spacial score (nSPS) is 17.1. The van der Waals surface area contributed by atoms with Crippen molar-refractivity contribution in [3.8, 4) is 11.3 Å². The van der Waals surface area contributed by atoms with Crippen molar-refractivity contribution in [2.45, 2.75) is 18.9 Å². The van der Waals surface area contributed by atoms with Gasteiger partial charge in [-0.25, -0.2) is 0 Å². The fraction of sp³-hybridized carbons (Fsp3) is 0.316. The average molecular weight is 385 g/mol.